The summed E-state index contributed by atoms with van der Waals surface area (Å²) in [7, 11) is -0.993. The van der Waals surface area contributed by atoms with E-state index in [2.05, 4.69) is 5.32 Å². The Morgan fingerprint density at radius 3 is 2.48 bits per heavy atom. The van der Waals surface area contributed by atoms with E-state index in [1.165, 1.54) is 38.4 Å². The van der Waals surface area contributed by atoms with Gasteiger partial charge in [0.1, 0.15) is 10.7 Å². The Morgan fingerprint density at radius 2 is 1.88 bits per heavy atom. The molecular weight excluding hydrogens is 367 g/mol. The smallest absolute Gasteiger partial charge is 0.251 e. The molecule has 0 bridgehead atoms. The minimum Gasteiger partial charge on any atom is -0.348 e. The molecule has 0 unspecified atom stereocenters. The highest BCUT2D eigenvalue weighted by molar-refractivity contribution is 7.89. The highest BCUT2D eigenvalue weighted by atomic mass is 35.5. The van der Waals surface area contributed by atoms with Gasteiger partial charge in [-0.1, -0.05) is 23.7 Å². The maximum absolute atomic E-state index is 13.3. The van der Waals surface area contributed by atoms with Crippen molar-refractivity contribution in [3.05, 3.63) is 63.9 Å². The van der Waals surface area contributed by atoms with E-state index in [4.69, 9.17) is 11.6 Å². The summed E-state index contributed by atoms with van der Waals surface area (Å²) in [6.45, 7) is 1.83. The van der Waals surface area contributed by atoms with Crippen LogP contribution in [-0.4, -0.2) is 32.7 Å². The molecule has 2 aromatic carbocycles. The first-order chi connectivity index (χ1) is 11.6. The molecular formula is C17H18ClFN2O3S. The summed E-state index contributed by atoms with van der Waals surface area (Å²) >= 11 is 5.96. The zero-order valence-corrected chi connectivity index (χ0v) is 15.6. The van der Waals surface area contributed by atoms with Crippen LogP contribution in [0.1, 0.15) is 21.5 Å². The number of aryl methyl sites for hydroxylation is 1. The quantitative estimate of drug-likeness (QED) is 0.861. The number of hydrogen-bond donors (Lipinski definition) is 1. The maximum atomic E-state index is 13.3. The van der Waals surface area contributed by atoms with Crippen LogP contribution in [0.4, 0.5) is 4.39 Å². The molecule has 2 aromatic rings. The van der Waals surface area contributed by atoms with Gasteiger partial charge in [-0.25, -0.2) is 17.1 Å². The molecule has 0 aromatic heterocycles. The third-order valence-corrected chi connectivity index (χ3v) is 5.92. The Bertz CT molecular complexity index is 914. The summed E-state index contributed by atoms with van der Waals surface area (Å²) in [6, 6.07) is 8.60. The molecule has 134 valence electrons. The van der Waals surface area contributed by atoms with Crippen molar-refractivity contribution in [2.24, 2.45) is 0 Å². The van der Waals surface area contributed by atoms with E-state index >= 15 is 0 Å². The van der Waals surface area contributed by atoms with Crippen molar-refractivity contribution in [1.82, 2.24) is 9.62 Å². The third-order valence-electron chi connectivity index (χ3n) is 3.63. The van der Waals surface area contributed by atoms with E-state index in [0.717, 1.165) is 9.87 Å². The average Bonchev–Trinajstić information content (AvgIpc) is 2.55. The zero-order valence-electron chi connectivity index (χ0n) is 14.0. The standard InChI is InChI=1S/C17H18ClFN2O3S/c1-11-8-12(4-7-15(11)19)10-20-17(22)13-5-6-14(18)16(9-13)25(23,24)21(2)3/h4-9H,10H2,1-3H3,(H,20,22). The molecule has 2 rings (SSSR count). The van der Waals surface area contributed by atoms with E-state index in [-0.39, 0.29) is 27.8 Å². The van der Waals surface area contributed by atoms with Crippen molar-refractivity contribution in [2.45, 2.75) is 18.4 Å². The van der Waals surface area contributed by atoms with Gasteiger partial charge in [-0.3, -0.25) is 4.79 Å². The number of nitrogens with one attached hydrogen (secondary N) is 1. The lowest BCUT2D eigenvalue weighted by Crippen LogP contribution is -2.25. The number of sulfonamides is 1. The molecule has 0 heterocycles. The van der Waals surface area contributed by atoms with Gasteiger partial charge in [0.15, 0.2) is 0 Å². The molecule has 25 heavy (non-hydrogen) atoms. The summed E-state index contributed by atoms with van der Waals surface area (Å²) in [5, 5.41) is 2.72. The van der Waals surface area contributed by atoms with Gasteiger partial charge in [-0.2, -0.15) is 0 Å². The van der Waals surface area contributed by atoms with Crippen molar-refractivity contribution >= 4 is 27.5 Å². The molecule has 1 N–H and O–H groups in total. The Labute approximate surface area is 151 Å². The fraction of sp³-hybridized carbons (Fsp3) is 0.235. The molecule has 0 saturated heterocycles. The number of rotatable bonds is 5. The van der Waals surface area contributed by atoms with Crippen LogP contribution in [0.2, 0.25) is 5.02 Å². The lowest BCUT2D eigenvalue weighted by atomic mass is 10.1. The topological polar surface area (TPSA) is 66.5 Å². The first-order valence-corrected chi connectivity index (χ1v) is 9.20. The van der Waals surface area contributed by atoms with Crippen LogP contribution in [-0.2, 0) is 16.6 Å². The van der Waals surface area contributed by atoms with Gasteiger partial charge in [-0.05, 0) is 42.3 Å². The Balaban J connectivity index is 2.21. The molecule has 1 amide bonds. The van der Waals surface area contributed by atoms with Crippen molar-refractivity contribution in [3.8, 4) is 0 Å². The van der Waals surface area contributed by atoms with E-state index in [0.29, 0.717) is 5.56 Å². The third kappa shape index (κ3) is 4.36. The second-order valence-corrected chi connectivity index (χ2v) is 8.23. The fourth-order valence-electron chi connectivity index (χ4n) is 2.14. The van der Waals surface area contributed by atoms with Crippen molar-refractivity contribution in [1.29, 1.82) is 0 Å². The zero-order chi connectivity index (χ0) is 18.8. The van der Waals surface area contributed by atoms with Crippen LogP contribution in [0, 0.1) is 12.7 Å². The van der Waals surface area contributed by atoms with Gasteiger partial charge in [-0.15, -0.1) is 0 Å². The second-order valence-electron chi connectivity index (χ2n) is 5.70. The number of halogens is 2. The van der Waals surface area contributed by atoms with Gasteiger partial charge in [0.25, 0.3) is 5.91 Å². The van der Waals surface area contributed by atoms with E-state index in [9.17, 15) is 17.6 Å². The van der Waals surface area contributed by atoms with Crippen molar-refractivity contribution in [2.75, 3.05) is 14.1 Å². The first kappa shape index (κ1) is 19.4. The molecule has 0 aliphatic rings. The highest BCUT2D eigenvalue weighted by Crippen LogP contribution is 2.24. The van der Waals surface area contributed by atoms with Gasteiger partial charge in [0.05, 0.1) is 5.02 Å². The molecule has 0 spiro atoms. The van der Waals surface area contributed by atoms with Crippen LogP contribution in [0.25, 0.3) is 0 Å². The largest absolute Gasteiger partial charge is 0.348 e. The lowest BCUT2D eigenvalue weighted by Gasteiger charge is -2.14. The summed E-state index contributed by atoms with van der Waals surface area (Å²) in [5.41, 5.74) is 1.39. The summed E-state index contributed by atoms with van der Waals surface area (Å²) in [6.07, 6.45) is 0. The highest BCUT2D eigenvalue weighted by Gasteiger charge is 2.22. The molecule has 0 fully saturated rings. The van der Waals surface area contributed by atoms with E-state index in [1.807, 2.05) is 0 Å². The number of benzene rings is 2. The number of hydrogen-bond acceptors (Lipinski definition) is 3. The van der Waals surface area contributed by atoms with Crippen molar-refractivity contribution in [3.63, 3.8) is 0 Å². The summed E-state index contributed by atoms with van der Waals surface area (Å²) < 4.78 is 38.8. The molecule has 8 heteroatoms. The van der Waals surface area contributed by atoms with Crippen molar-refractivity contribution < 1.29 is 17.6 Å². The number of carbonyl (C=O) groups excluding carboxylic acids is 1. The number of carbonyl (C=O) groups is 1. The molecule has 0 atom stereocenters. The number of amides is 1. The molecule has 0 saturated carbocycles. The minimum atomic E-state index is -3.76. The minimum absolute atomic E-state index is 0.0411. The molecule has 5 nitrogen and oxygen atoms in total. The van der Waals surface area contributed by atoms with E-state index < -0.39 is 15.9 Å². The Kier molecular flexibility index (Phi) is 5.82. The predicted octanol–water partition coefficient (Wildman–Crippen LogP) is 2.97. The molecule has 0 radical (unpaired) electrons. The van der Waals surface area contributed by atoms with Gasteiger partial charge in [0, 0.05) is 26.2 Å². The fourth-order valence-corrected chi connectivity index (χ4v) is 3.53. The maximum Gasteiger partial charge on any atom is 0.251 e. The normalized spacial score (nSPS) is 11.6. The predicted molar refractivity (Wildman–Crippen MR) is 94.6 cm³/mol. The Morgan fingerprint density at radius 1 is 1.20 bits per heavy atom. The van der Waals surface area contributed by atoms with Crippen LogP contribution < -0.4 is 5.32 Å². The number of nitrogens with zero attached hydrogens (tertiary/aromatic N) is 1. The van der Waals surface area contributed by atoms with Crippen LogP contribution in [0.5, 0.6) is 0 Å². The van der Waals surface area contributed by atoms with Gasteiger partial charge >= 0.3 is 0 Å². The Hall–Kier alpha value is -1.96. The summed E-state index contributed by atoms with van der Waals surface area (Å²) in [5.74, 6) is -0.764. The first-order valence-electron chi connectivity index (χ1n) is 7.38. The van der Waals surface area contributed by atoms with Crippen LogP contribution in [0.3, 0.4) is 0 Å². The van der Waals surface area contributed by atoms with E-state index in [1.54, 1.807) is 19.1 Å². The summed E-state index contributed by atoms with van der Waals surface area (Å²) in [4.78, 5) is 12.2. The van der Waals surface area contributed by atoms with Gasteiger partial charge < -0.3 is 5.32 Å². The second kappa shape index (κ2) is 7.51. The average molecular weight is 385 g/mol. The molecule has 0 aliphatic carbocycles. The molecule has 0 aliphatic heterocycles. The van der Waals surface area contributed by atoms with Crippen LogP contribution in [0.15, 0.2) is 41.3 Å². The lowest BCUT2D eigenvalue weighted by molar-refractivity contribution is 0.0950. The SMILES string of the molecule is Cc1cc(CNC(=O)c2ccc(Cl)c(S(=O)(=O)N(C)C)c2)ccc1F. The monoisotopic (exact) mass is 384 g/mol. The van der Waals surface area contributed by atoms with Gasteiger partial charge in [0.2, 0.25) is 10.0 Å². The van der Waals surface area contributed by atoms with Crippen LogP contribution >= 0.6 is 11.6 Å².